The van der Waals surface area contributed by atoms with Crippen LogP contribution in [0, 0.1) is 11.3 Å². The average molecular weight is 325 g/mol. The maximum Gasteiger partial charge on any atom is 0.255 e. The molecule has 0 N–H and O–H groups in total. The van der Waals surface area contributed by atoms with Crippen LogP contribution in [0.25, 0.3) is 0 Å². The van der Waals surface area contributed by atoms with Gasteiger partial charge >= 0.3 is 0 Å². The number of amides is 1. The van der Waals surface area contributed by atoms with Crippen molar-refractivity contribution in [3.05, 3.63) is 53.7 Å². The number of thioether (sulfide) groups is 1. The Balaban J connectivity index is 1.60. The molecule has 1 aliphatic rings. The summed E-state index contributed by atoms with van der Waals surface area (Å²) in [6.45, 7) is 1.06. The Hall–Kier alpha value is -2.52. The van der Waals surface area contributed by atoms with Gasteiger partial charge in [0.15, 0.2) is 0 Å². The zero-order valence-corrected chi connectivity index (χ0v) is 13.4. The van der Waals surface area contributed by atoms with E-state index in [9.17, 15) is 4.79 Å². The van der Waals surface area contributed by atoms with Gasteiger partial charge in [-0.1, -0.05) is 12.1 Å². The highest BCUT2D eigenvalue weighted by Crippen LogP contribution is 2.24. The normalized spacial score (nSPS) is 14.0. The summed E-state index contributed by atoms with van der Waals surface area (Å²) >= 11 is 1.56. The monoisotopic (exact) mass is 325 g/mol. The van der Waals surface area contributed by atoms with E-state index in [1.54, 1.807) is 35.0 Å². The second-order valence-corrected chi connectivity index (χ2v) is 5.99. The van der Waals surface area contributed by atoms with Crippen LogP contribution in [0.4, 0.5) is 0 Å². The van der Waals surface area contributed by atoms with Gasteiger partial charge in [-0.2, -0.15) is 5.26 Å². The first kappa shape index (κ1) is 15.4. The molecule has 2 heterocycles. The van der Waals surface area contributed by atoms with Crippen molar-refractivity contribution < 1.29 is 9.53 Å². The van der Waals surface area contributed by atoms with Gasteiger partial charge in [-0.3, -0.25) is 4.79 Å². The molecule has 0 aliphatic carbocycles. The molecular weight excluding hydrogens is 310 g/mol. The van der Waals surface area contributed by atoms with Crippen molar-refractivity contribution in [1.82, 2.24) is 9.88 Å². The molecule has 0 atom stereocenters. The first-order chi connectivity index (χ1) is 11.2. The number of pyridine rings is 1. The molecule has 3 rings (SSSR count). The Morgan fingerprint density at radius 1 is 1.39 bits per heavy atom. The number of likely N-dealkylation sites (tertiary alicyclic amines) is 1. The second kappa shape index (κ2) is 6.71. The highest BCUT2D eigenvalue weighted by Gasteiger charge is 2.33. The fraction of sp³-hybridized carbons (Fsp3) is 0.235. The summed E-state index contributed by atoms with van der Waals surface area (Å²) in [5.41, 5.74) is 1.24. The molecule has 116 valence electrons. The summed E-state index contributed by atoms with van der Waals surface area (Å²) < 4.78 is 5.70. The van der Waals surface area contributed by atoms with E-state index in [1.165, 1.54) is 0 Å². The minimum Gasteiger partial charge on any atom is -0.471 e. The van der Waals surface area contributed by atoms with E-state index >= 15 is 0 Å². The molecule has 23 heavy (non-hydrogen) atoms. The number of ether oxygens (including phenoxy) is 1. The fourth-order valence-corrected chi connectivity index (χ4v) is 2.97. The quantitative estimate of drug-likeness (QED) is 0.808. The molecule has 1 fully saturated rings. The molecule has 2 aromatic rings. The van der Waals surface area contributed by atoms with Crippen LogP contribution in [0.3, 0.4) is 0 Å². The zero-order chi connectivity index (χ0) is 16.2. The molecule has 1 aromatic carbocycles. The topological polar surface area (TPSA) is 66.2 Å². The highest BCUT2D eigenvalue weighted by molar-refractivity contribution is 7.98. The van der Waals surface area contributed by atoms with E-state index in [0.29, 0.717) is 24.5 Å². The van der Waals surface area contributed by atoms with Crippen molar-refractivity contribution >= 4 is 17.7 Å². The molecule has 0 saturated carbocycles. The van der Waals surface area contributed by atoms with Crippen LogP contribution in [0.5, 0.6) is 5.88 Å². The van der Waals surface area contributed by atoms with Gasteiger partial charge in [0, 0.05) is 17.2 Å². The van der Waals surface area contributed by atoms with Gasteiger partial charge in [0.05, 0.1) is 30.3 Å². The zero-order valence-electron chi connectivity index (χ0n) is 12.6. The molecule has 1 aromatic heterocycles. The van der Waals surface area contributed by atoms with Crippen LogP contribution in [0.2, 0.25) is 0 Å². The van der Waals surface area contributed by atoms with Crippen molar-refractivity contribution in [3.8, 4) is 11.9 Å². The number of aromatic nitrogens is 1. The lowest BCUT2D eigenvalue weighted by atomic mass is 10.1. The van der Waals surface area contributed by atoms with Gasteiger partial charge in [0.1, 0.15) is 6.10 Å². The fourth-order valence-electron chi connectivity index (χ4n) is 2.38. The van der Waals surface area contributed by atoms with Crippen molar-refractivity contribution in [3.63, 3.8) is 0 Å². The number of hydrogen-bond donors (Lipinski definition) is 0. The second-order valence-electron chi connectivity index (χ2n) is 5.14. The van der Waals surface area contributed by atoms with Crippen LogP contribution < -0.4 is 4.74 Å². The van der Waals surface area contributed by atoms with Crippen molar-refractivity contribution in [2.75, 3.05) is 19.3 Å². The predicted octanol–water partition coefficient (Wildman–Crippen LogP) is 2.58. The summed E-state index contributed by atoms with van der Waals surface area (Å²) in [4.78, 5) is 19.3. The van der Waals surface area contributed by atoms with Gasteiger partial charge in [0.2, 0.25) is 5.88 Å². The largest absolute Gasteiger partial charge is 0.471 e. The first-order valence-corrected chi connectivity index (χ1v) is 8.39. The smallest absolute Gasteiger partial charge is 0.255 e. The third kappa shape index (κ3) is 3.30. The highest BCUT2D eigenvalue weighted by atomic mass is 32.2. The van der Waals surface area contributed by atoms with Crippen molar-refractivity contribution in [2.45, 2.75) is 11.0 Å². The van der Waals surface area contributed by atoms with Crippen LogP contribution in [0.15, 0.2) is 47.5 Å². The van der Waals surface area contributed by atoms with E-state index in [0.717, 1.165) is 10.5 Å². The van der Waals surface area contributed by atoms with E-state index in [-0.39, 0.29) is 12.0 Å². The summed E-state index contributed by atoms with van der Waals surface area (Å²) in [5, 5.41) is 8.87. The Morgan fingerprint density at radius 3 is 2.91 bits per heavy atom. The molecule has 1 saturated heterocycles. The molecule has 6 heteroatoms. The van der Waals surface area contributed by atoms with E-state index in [2.05, 4.69) is 11.1 Å². The number of rotatable bonds is 4. The molecule has 0 radical (unpaired) electrons. The lowest BCUT2D eigenvalue weighted by Crippen LogP contribution is -2.56. The molecule has 5 nitrogen and oxygen atoms in total. The van der Waals surface area contributed by atoms with Gasteiger partial charge in [-0.15, -0.1) is 11.8 Å². The Morgan fingerprint density at radius 2 is 2.17 bits per heavy atom. The van der Waals surface area contributed by atoms with E-state index in [1.807, 2.05) is 30.5 Å². The number of nitriles is 1. The molecule has 1 amide bonds. The predicted molar refractivity (Wildman–Crippen MR) is 87.5 cm³/mol. The number of benzene rings is 1. The maximum atomic E-state index is 12.5. The average Bonchev–Trinajstić information content (AvgIpc) is 2.57. The van der Waals surface area contributed by atoms with Crippen LogP contribution >= 0.6 is 11.8 Å². The molecular formula is C17H15N3O2S. The Labute approximate surface area is 138 Å². The SMILES string of the molecule is CSc1ccccc1C(=O)N1CC(Oc2cc(C#N)ccn2)C1. The summed E-state index contributed by atoms with van der Waals surface area (Å²) in [7, 11) is 0. The third-order valence-electron chi connectivity index (χ3n) is 3.62. The summed E-state index contributed by atoms with van der Waals surface area (Å²) in [6.07, 6.45) is 3.42. The number of carbonyl (C=O) groups is 1. The number of carbonyl (C=O) groups excluding carboxylic acids is 1. The molecule has 0 spiro atoms. The number of nitrogens with zero attached hydrogens (tertiary/aromatic N) is 3. The van der Waals surface area contributed by atoms with Crippen LogP contribution in [-0.2, 0) is 0 Å². The van der Waals surface area contributed by atoms with Crippen molar-refractivity contribution in [2.24, 2.45) is 0 Å². The minimum atomic E-state index is -0.0816. The minimum absolute atomic E-state index is 0.0218. The van der Waals surface area contributed by atoms with Gasteiger partial charge in [-0.05, 0) is 24.5 Å². The summed E-state index contributed by atoms with van der Waals surface area (Å²) in [6, 6.07) is 12.9. The van der Waals surface area contributed by atoms with Crippen LogP contribution in [0.1, 0.15) is 15.9 Å². The maximum absolute atomic E-state index is 12.5. The Kier molecular flexibility index (Phi) is 4.49. The third-order valence-corrected chi connectivity index (χ3v) is 4.42. The van der Waals surface area contributed by atoms with Crippen molar-refractivity contribution in [1.29, 1.82) is 5.26 Å². The lowest BCUT2D eigenvalue weighted by Gasteiger charge is -2.38. The van der Waals surface area contributed by atoms with Gasteiger partial charge in [0.25, 0.3) is 5.91 Å². The van der Waals surface area contributed by atoms with Crippen LogP contribution in [-0.4, -0.2) is 41.2 Å². The van der Waals surface area contributed by atoms with E-state index < -0.39 is 0 Å². The molecule has 0 bridgehead atoms. The summed E-state index contributed by atoms with van der Waals surface area (Å²) in [5.74, 6) is 0.444. The van der Waals surface area contributed by atoms with Gasteiger partial charge < -0.3 is 9.64 Å². The number of hydrogen-bond acceptors (Lipinski definition) is 5. The first-order valence-electron chi connectivity index (χ1n) is 7.16. The molecule has 0 unspecified atom stereocenters. The van der Waals surface area contributed by atoms with Gasteiger partial charge in [-0.25, -0.2) is 4.98 Å². The Bertz CT molecular complexity index is 766. The standard InChI is InChI=1S/C17H15N3O2S/c1-23-15-5-3-2-4-14(15)17(21)20-10-13(11-20)22-16-8-12(9-18)6-7-19-16/h2-8,13H,10-11H2,1H3. The molecule has 1 aliphatic heterocycles. The van der Waals surface area contributed by atoms with E-state index in [4.69, 9.17) is 10.00 Å². The lowest BCUT2D eigenvalue weighted by molar-refractivity contribution is 0.0157.